The van der Waals surface area contributed by atoms with Crippen LogP contribution in [0.3, 0.4) is 0 Å². The molecule has 0 saturated carbocycles. The highest BCUT2D eigenvalue weighted by molar-refractivity contribution is 9.10. The molecule has 0 bridgehead atoms. The molecule has 1 aromatic rings. The first-order valence-electron chi connectivity index (χ1n) is 3.79. The van der Waals surface area contributed by atoms with E-state index in [1.165, 1.54) is 5.56 Å². The van der Waals surface area contributed by atoms with Crippen molar-refractivity contribution in [1.82, 2.24) is 9.78 Å². The second-order valence-electron chi connectivity index (χ2n) is 3.22. The Hall–Kier alpha value is -0.310. The number of aryl methyl sites for hydroxylation is 1. The lowest BCUT2D eigenvalue weighted by Crippen LogP contribution is -2.04. The highest BCUT2D eigenvalue weighted by Crippen LogP contribution is 2.12. The molecule has 11 heavy (non-hydrogen) atoms. The van der Waals surface area contributed by atoms with Crippen molar-refractivity contribution in [1.29, 1.82) is 0 Å². The molecule has 0 spiro atoms. The topological polar surface area (TPSA) is 17.8 Å². The molecular formula is C8H13BrN2. The van der Waals surface area contributed by atoms with Crippen LogP contribution in [0.25, 0.3) is 0 Å². The largest absolute Gasteiger partial charge is 0.271 e. The van der Waals surface area contributed by atoms with Gasteiger partial charge in [-0.2, -0.15) is 5.10 Å². The third-order valence-corrected chi connectivity index (χ3v) is 2.22. The highest BCUT2D eigenvalue weighted by atomic mass is 79.9. The van der Waals surface area contributed by atoms with E-state index in [1.807, 2.05) is 11.6 Å². The molecule has 0 unspecified atom stereocenters. The van der Waals surface area contributed by atoms with Crippen LogP contribution in [0.1, 0.15) is 19.4 Å². The third-order valence-electron chi connectivity index (χ3n) is 1.44. The van der Waals surface area contributed by atoms with Crippen LogP contribution < -0.4 is 0 Å². The first-order valence-corrected chi connectivity index (χ1v) is 4.58. The van der Waals surface area contributed by atoms with Gasteiger partial charge in [-0.25, -0.2) is 0 Å². The summed E-state index contributed by atoms with van der Waals surface area (Å²) in [5.41, 5.74) is 1.20. The third kappa shape index (κ3) is 2.33. The molecule has 62 valence electrons. The molecule has 0 aliphatic heterocycles. The molecule has 3 heteroatoms. The van der Waals surface area contributed by atoms with Gasteiger partial charge in [-0.15, -0.1) is 0 Å². The van der Waals surface area contributed by atoms with Crippen molar-refractivity contribution < 1.29 is 0 Å². The quantitative estimate of drug-likeness (QED) is 0.744. The zero-order chi connectivity index (χ0) is 8.43. The predicted octanol–water partition coefficient (Wildman–Crippen LogP) is 2.61. The fourth-order valence-electron chi connectivity index (χ4n) is 0.965. The molecular weight excluding hydrogens is 204 g/mol. The van der Waals surface area contributed by atoms with E-state index in [0.717, 1.165) is 11.1 Å². The van der Waals surface area contributed by atoms with Crippen LogP contribution in [0.5, 0.6) is 0 Å². The van der Waals surface area contributed by atoms with E-state index in [0.29, 0.717) is 5.92 Å². The summed E-state index contributed by atoms with van der Waals surface area (Å²) in [7, 11) is 0. The minimum Gasteiger partial charge on any atom is -0.271 e. The summed E-state index contributed by atoms with van der Waals surface area (Å²) < 4.78 is 2.93. The zero-order valence-corrected chi connectivity index (χ0v) is 8.72. The first kappa shape index (κ1) is 8.78. The van der Waals surface area contributed by atoms with Crippen LogP contribution in [0, 0.1) is 12.8 Å². The number of hydrogen-bond acceptors (Lipinski definition) is 1. The molecule has 0 radical (unpaired) electrons. The van der Waals surface area contributed by atoms with Crippen LogP contribution in [0.15, 0.2) is 10.8 Å². The Morgan fingerprint density at radius 1 is 1.64 bits per heavy atom. The predicted molar refractivity (Wildman–Crippen MR) is 49.5 cm³/mol. The smallest absolute Gasteiger partial charge is 0.131 e. The van der Waals surface area contributed by atoms with Crippen molar-refractivity contribution in [3.8, 4) is 0 Å². The van der Waals surface area contributed by atoms with E-state index in [-0.39, 0.29) is 0 Å². The fraction of sp³-hybridized carbons (Fsp3) is 0.625. The van der Waals surface area contributed by atoms with Gasteiger partial charge in [0.15, 0.2) is 0 Å². The van der Waals surface area contributed by atoms with Gasteiger partial charge in [0.2, 0.25) is 0 Å². The number of rotatable bonds is 2. The minimum absolute atomic E-state index is 0.654. The second-order valence-corrected chi connectivity index (χ2v) is 3.97. The Balaban J connectivity index is 2.73. The van der Waals surface area contributed by atoms with Gasteiger partial charge < -0.3 is 0 Å². The molecule has 0 aliphatic carbocycles. The Morgan fingerprint density at radius 2 is 2.27 bits per heavy atom. The summed E-state index contributed by atoms with van der Waals surface area (Å²) in [6.07, 6.45) is 2.06. The Morgan fingerprint density at radius 3 is 2.64 bits per heavy atom. The molecule has 0 amide bonds. The van der Waals surface area contributed by atoms with Gasteiger partial charge in [0.1, 0.15) is 4.60 Å². The average molecular weight is 217 g/mol. The fourth-order valence-corrected chi connectivity index (χ4v) is 1.27. The lowest BCUT2D eigenvalue weighted by molar-refractivity contribution is 0.481. The van der Waals surface area contributed by atoms with Gasteiger partial charge in [0.05, 0.1) is 0 Å². The van der Waals surface area contributed by atoms with Gasteiger partial charge in [-0.3, -0.25) is 4.68 Å². The van der Waals surface area contributed by atoms with Crippen molar-refractivity contribution in [2.24, 2.45) is 5.92 Å². The molecule has 1 rings (SSSR count). The van der Waals surface area contributed by atoms with Gasteiger partial charge in [0, 0.05) is 18.3 Å². The summed E-state index contributed by atoms with van der Waals surface area (Å²) in [5.74, 6) is 0.654. The summed E-state index contributed by atoms with van der Waals surface area (Å²) in [4.78, 5) is 0. The van der Waals surface area contributed by atoms with Crippen molar-refractivity contribution >= 4 is 15.9 Å². The molecule has 0 aliphatic rings. The van der Waals surface area contributed by atoms with E-state index >= 15 is 0 Å². The molecule has 0 atom stereocenters. The molecule has 1 aromatic heterocycles. The van der Waals surface area contributed by atoms with E-state index < -0.39 is 0 Å². The molecule has 1 heterocycles. The Bertz CT molecular complexity index is 221. The van der Waals surface area contributed by atoms with Crippen LogP contribution in [-0.2, 0) is 6.54 Å². The van der Waals surface area contributed by atoms with Gasteiger partial charge >= 0.3 is 0 Å². The van der Waals surface area contributed by atoms with Crippen LogP contribution in [0.4, 0.5) is 0 Å². The van der Waals surface area contributed by atoms with Crippen molar-refractivity contribution in [3.63, 3.8) is 0 Å². The molecule has 0 saturated heterocycles. The van der Waals surface area contributed by atoms with E-state index in [2.05, 4.69) is 41.1 Å². The van der Waals surface area contributed by atoms with Crippen LogP contribution in [-0.4, -0.2) is 9.78 Å². The lowest BCUT2D eigenvalue weighted by atomic mass is 10.2. The van der Waals surface area contributed by atoms with Gasteiger partial charge in [-0.05, 0) is 28.8 Å². The SMILES string of the molecule is Cc1cn(CC(C)C)nc1Br. The summed E-state index contributed by atoms with van der Waals surface area (Å²) in [6.45, 7) is 7.41. The highest BCUT2D eigenvalue weighted by Gasteiger charge is 2.01. The lowest BCUT2D eigenvalue weighted by Gasteiger charge is -2.02. The normalized spacial score (nSPS) is 11.0. The van der Waals surface area contributed by atoms with Gasteiger partial charge in [-0.1, -0.05) is 13.8 Å². The van der Waals surface area contributed by atoms with Crippen molar-refractivity contribution in [2.45, 2.75) is 27.3 Å². The number of halogens is 1. The Kier molecular flexibility index (Phi) is 2.71. The number of hydrogen-bond donors (Lipinski definition) is 0. The monoisotopic (exact) mass is 216 g/mol. The number of nitrogens with zero attached hydrogens (tertiary/aromatic N) is 2. The van der Waals surface area contributed by atoms with E-state index in [9.17, 15) is 0 Å². The summed E-state index contributed by atoms with van der Waals surface area (Å²) in [5, 5.41) is 4.28. The first-order chi connectivity index (χ1) is 5.09. The second kappa shape index (κ2) is 3.39. The van der Waals surface area contributed by atoms with Crippen molar-refractivity contribution in [2.75, 3.05) is 0 Å². The maximum absolute atomic E-state index is 4.28. The van der Waals surface area contributed by atoms with E-state index in [1.54, 1.807) is 0 Å². The molecule has 0 aromatic carbocycles. The average Bonchev–Trinajstić information content (AvgIpc) is 2.10. The standard InChI is InChI=1S/C8H13BrN2/c1-6(2)4-11-5-7(3)8(9)10-11/h5-6H,4H2,1-3H3. The maximum Gasteiger partial charge on any atom is 0.131 e. The maximum atomic E-state index is 4.28. The van der Waals surface area contributed by atoms with Crippen LogP contribution >= 0.6 is 15.9 Å². The molecule has 0 N–H and O–H groups in total. The summed E-state index contributed by atoms with van der Waals surface area (Å²) in [6, 6.07) is 0. The van der Waals surface area contributed by atoms with E-state index in [4.69, 9.17) is 0 Å². The molecule has 2 nitrogen and oxygen atoms in total. The summed E-state index contributed by atoms with van der Waals surface area (Å²) >= 11 is 3.37. The number of aromatic nitrogens is 2. The Labute approximate surface area is 75.7 Å². The molecule has 0 fully saturated rings. The van der Waals surface area contributed by atoms with Crippen LogP contribution in [0.2, 0.25) is 0 Å². The zero-order valence-electron chi connectivity index (χ0n) is 7.13. The van der Waals surface area contributed by atoms with Gasteiger partial charge in [0.25, 0.3) is 0 Å². The van der Waals surface area contributed by atoms with Crippen molar-refractivity contribution in [3.05, 3.63) is 16.4 Å². The minimum atomic E-state index is 0.654.